The second-order valence-electron chi connectivity index (χ2n) is 4.76. The van der Waals surface area contributed by atoms with Crippen molar-refractivity contribution in [3.63, 3.8) is 0 Å². The van der Waals surface area contributed by atoms with Gasteiger partial charge in [-0.05, 0) is 37.5 Å². The Balaban J connectivity index is 2.95. The standard InChI is InChI=1S/C15H22FNO2/c1-3-9-15(11-17,14(18)19-4-2)10-12-5-7-13(16)8-6-12/h5-8H,3-4,9-11,17H2,1-2H3. The van der Waals surface area contributed by atoms with E-state index in [1.807, 2.05) is 6.92 Å². The van der Waals surface area contributed by atoms with Crippen LogP contribution >= 0.6 is 0 Å². The average Bonchev–Trinajstić information content (AvgIpc) is 2.41. The first-order valence-corrected chi connectivity index (χ1v) is 6.69. The van der Waals surface area contributed by atoms with Crippen LogP contribution in [0.25, 0.3) is 0 Å². The summed E-state index contributed by atoms with van der Waals surface area (Å²) in [5.74, 6) is -0.544. The lowest BCUT2D eigenvalue weighted by molar-refractivity contribution is -0.155. The van der Waals surface area contributed by atoms with E-state index in [0.717, 1.165) is 12.0 Å². The van der Waals surface area contributed by atoms with Gasteiger partial charge in [0.15, 0.2) is 0 Å². The Morgan fingerprint density at radius 2 is 1.95 bits per heavy atom. The Kier molecular flexibility index (Phi) is 5.96. The Morgan fingerprint density at radius 1 is 1.32 bits per heavy atom. The SMILES string of the molecule is CCCC(CN)(Cc1ccc(F)cc1)C(=O)OCC. The van der Waals surface area contributed by atoms with Gasteiger partial charge in [0.25, 0.3) is 0 Å². The number of halogens is 1. The molecule has 0 aromatic heterocycles. The second kappa shape index (κ2) is 7.24. The number of carbonyl (C=O) groups is 1. The summed E-state index contributed by atoms with van der Waals surface area (Å²) in [5.41, 5.74) is 6.02. The third-order valence-corrected chi connectivity index (χ3v) is 3.28. The zero-order valence-electron chi connectivity index (χ0n) is 11.6. The summed E-state index contributed by atoms with van der Waals surface area (Å²) < 4.78 is 18.1. The molecule has 0 aliphatic carbocycles. The number of hydrogen-bond donors (Lipinski definition) is 1. The molecule has 1 unspecified atom stereocenters. The van der Waals surface area contributed by atoms with Gasteiger partial charge in [0, 0.05) is 6.54 Å². The number of rotatable bonds is 7. The van der Waals surface area contributed by atoms with Crippen LogP contribution in [0.5, 0.6) is 0 Å². The molecule has 0 saturated heterocycles. The van der Waals surface area contributed by atoms with Crippen LogP contribution < -0.4 is 5.73 Å². The Labute approximate surface area is 113 Å². The van der Waals surface area contributed by atoms with Crippen LogP contribution in [-0.4, -0.2) is 19.1 Å². The molecule has 0 radical (unpaired) electrons. The van der Waals surface area contributed by atoms with Crippen LogP contribution in [0.3, 0.4) is 0 Å². The van der Waals surface area contributed by atoms with Gasteiger partial charge in [-0.3, -0.25) is 4.79 Å². The van der Waals surface area contributed by atoms with Crippen molar-refractivity contribution in [3.05, 3.63) is 35.6 Å². The third-order valence-electron chi connectivity index (χ3n) is 3.28. The molecule has 2 N–H and O–H groups in total. The van der Waals surface area contributed by atoms with Crippen LogP contribution in [-0.2, 0) is 16.0 Å². The second-order valence-corrected chi connectivity index (χ2v) is 4.76. The summed E-state index contributed by atoms with van der Waals surface area (Å²) in [6.07, 6.45) is 1.99. The van der Waals surface area contributed by atoms with Gasteiger partial charge in [0.2, 0.25) is 0 Å². The van der Waals surface area contributed by atoms with E-state index in [4.69, 9.17) is 10.5 Å². The van der Waals surface area contributed by atoms with Crippen molar-refractivity contribution >= 4 is 5.97 Å². The molecular weight excluding hydrogens is 245 g/mol. The van der Waals surface area contributed by atoms with E-state index in [9.17, 15) is 9.18 Å². The molecule has 1 rings (SSSR count). The lowest BCUT2D eigenvalue weighted by Gasteiger charge is -2.30. The number of esters is 1. The Hall–Kier alpha value is -1.42. The highest BCUT2D eigenvalue weighted by Gasteiger charge is 2.37. The molecule has 1 atom stereocenters. The first-order valence-electron chi connectivity index (χ1n) is 6.69. The fourth-order valence-electron chi connectivity index (χ4n) is 2.28. The van der Waals surface area contributed by atoms with Gasteiger partial charge in [0.05, 0.1) is 12.0 Å². The van der Waals surface area contributed by atoms with Crippen molar-refractivity contribution in [2.45, 2.75) is 33.1 Å². The van der Waals surface area contributed by atoms with Crippen LogP contribution in [0.2, 0.25) is 0 Å². The van der Waals surface area contributed by atoms with E-state index in [0.29, 0.717) is 19.4 Å². The van der Waals surface area contributed by atoms with E-state index < -0.39 is 5.41 Å². The van der Waals surface area contributed by atoms with Gasteiger partial charge in [-0.1, -0.05) is 25.5 Å². The minimum atomic E-state index is -0.706. The number of benzene rings is 1. The average molecular weight is 267 g/mol. The third kappa shape index (κ3) is 4.03. The number of nitrogens with two attached hydrogens (primary N) is 1. The van der Waals surface area contributed by atoms with E-state index in [-0.39, 0.29) is 18.3 Å². The summed E-state index contributed by atoms with van der Waals surface area (Å²) >= 11 is 0. The van der Waals surface area contributed by atoms with Crippen molar-refractivity contribution in [2.75, 3.05) is 13.2 Å². The normalized spacial score (nSPS) is 13.9. The molecule has 19 heavy (non-hydrogen) atoms. The molecular formula is C15H22FNO2. The fraction of sp³-hybridized carbons (Fsp3) is 0.533. The molecule has 0 heterocycles. The molecule has 0 fully saturated rings. The maximum atomic E-state index is 12.9. The van der Waals surface area contributed by atoms with Crippen LogP contribution in [0.1, 0.15) is 32.3 Å². The molecule has 0 saturated carbocycles. The molecule has 0 spiro atoms. The number of carbonyl (C=O) groups excluding carboxylic acids is 1. The predicted octanol–water partition coefficient (Wildman–Crippen LogP) is 2.68. The lowest BCUT2D eigenvalue weighted by atomic mass is 9.78. The van der Waals surface area contributed by atoms with Crippen molar-refractivity contribution in [3.8, 4) is 0 Å². The van der Waals surface area contributed by atoms with Crippen LogP contribution in [0.4, 0.5) is 4.39 Å². The zero-order valence-corrected chi connectivity index (χ0v) is 11.6. The van der Waals surface area contributed by atoms with E-state index in [2.05, 4.69) is 0 Å². The first-order chi connectivity index (χ1) is 9.07. The van der Waals surface area contributed by atoms with Gasteiger partial charge in [-0.15, -0.1) is 0 Å². The van der Waals surface area contributed by atoms with Gasteiger partial charge < -0.3 is 10.5 Å². The minimum Gasteiger partial charge on any atom is -0.466 e. The molecule has 0 bridgehead atoms. The Morgan fingerprint density at radius 3 is 2.42 bits per heavy atom. The maximum Gasteiger partial charge on any atom is 0.313 e. The number of ether oxygens (including phenoxy) is 1. The molecule has 4 heteroatoms. The molecule has 0 aliphatic rings. The maximum absolute atomic E-state index is 12.9. The topological polar surface area (TPSA) is 52.3 Å². The first kappa shape index (κ1) is 15.6. The van der Waals surface area contributed by atoms with E-state index in [1.54, 1.807) is 19.1 Å². The summed E-state index contributed by atoms with van der Waals surface area (Å²) in [6.45, 7) is 4.36. The molecule has 0 amide bonds. The van der Waals surface area contributed by atoms with Crippen LogP contribution in [0.15, 0.2) is 24.3 Å². The highest BCUT2D eigenvalue weighted by molar-refractivity contribution is 5.77. The van der Waals surface area contributed by atoms with Crippen molar-refractivity contribution in [2.24, 2.45) is 11.1 Å². The van der Waals surface area contributed by atoms with Gasteiger partial charge >= 0.3 is 5.97 Å². The highest BCUT2D eigenvalue weighted by atomic mass is 19.1. The van der Waals surface area contributed by atoms with E-state index >= 15 is 0 Å². The van der Waals surface area contributed by atoms with Crippen molar-refractivity contribution in [1.82, 2.24) is 0 Å². The molecule has 3 nitrogen and oxygen atoms in total. The Bertz CT molecular complexity index is 405. The van der Waals surface area contributed by atoms with Crippen molar-refractivity contribution < 1.29 is 13.9 Å². The molecule has 0 aliphatic heterocycles. The fourth-order valence-corrected chi connectivity index (χ4v) is 2.28. The lowest BCUT2D eigenvalue weighted by Crippen LogP contribution is -2.42. The van der Waals surface area contributed by atoms with Gasteiger partial charge in [-0.2, -0.15) is 0 Å². The summed E-state index contributed by atoms with van der Waals surface area (Å²) in [4.78, 5) is 12.2. The molecule has 106 valence electrons. The minimum absolute atomic E-state index is 0.233. The van der Waals surface area contributed by atoms with Gasteiger partial charge in [0.1, 0.15) is 5.82 Å². The monoisotopic (exact) mass is 267 g/mol. The van der Waals surface area contributed by atoms with Crippen molar-refractivity contribution in [1.29, 1.82) is 0 Å². The predicted molar refractivity (Wildman–Crippen MR) is 73.1 cm³/mol. The zero-order chi connectivity index (χ0) is 14.3. The van der Waals surface area contributed by atoms with Crippen LogP contribution in [0, 0.1) is 11.2 Å². The summed E-state index contributed by atoms with van der Waals surface area (Å²) in [7, 11) is 0. The van der Waals surface area contributed by atoms with E-state index in [1.165, 1.54) is 12.1 Å². The molecule has 1 aromatic rings. The summed E-state index contributed by atoms with van der Waals surface area (Å²) in [5, 5.41) is 0. The number of hydrogen-bond acceptors (Lipinski definition) is 3. The smallest absolute Gasteiger partial charge is 0.313 e. The quantitative estimate of drug-likeness (QED) is 0.773. The summed E-state index contributed by atoms with van der Waals surface area (Å²) in [6, 6.07) is 6.17. The largest absolute Gasteiger partial charge is 0.466 e. The molecule has 1 aromatic carbocycles. The van der Waals surface area contributed by atoms with Gasteiger partial charge in [-0.25, -0.2) is 4.39 Å². The highest BCUT2D eigenvalue weighted by Crippen LogP contribution is 2.29.